The van der Waals surface area contributed by atoms with E-state index in [9.17, 15) is 0 Å². The maximum atomic E-state index is 5.34. The summed E-state index contributed by atoms with van der Waals surface area (Å²) in [6.07, 6.45) is 1.62. The Morgan fingerprint density at radius 3 is 2.86 bits per heavy atom. The molecule has 0 spiro atoms. The Bertz CT molecular complexity index is 442. The van der Waals surface area contributed by atoms with Crippen LogP contribution in [0.5, 0.6) is 6.01 Å². The van der Waals surface area contributed by atoms with Crippen LogP contribution in [0.15, 0.2) is 33.5 Å². The van der Waals surface area contributed by atoms with Gasteiger partial charge in [-0.05, 0) is 34.1 Å². The predicted octanol–water partition coefficient (Wildman–Crippen LogP) is 2.51. The number of hydrogen-bond acceptors (Lipinski definition) is 4. The molecule has 0 bridgehead atoms. The Hall–Kier alpha value is -1.36. The minimum absolute atomic E-state index is 0.329. The number of methoxy groups -OCH3 is 1. The summed E-state index contributed by atoms with van der Waals surface area (Å²) >= 11 is 3.22. The van der Waals surface area contributed by atoms with Gasteiger partial charge in [0.05, 0.1) is 7.11 Å². The zero-order chi connectivity index (χ0) is 9.97. The van der Waals surface area contributed by atoms with Gasteiger partial charge < -0.3 is 9.15 Å². The molecule has 0 aliphatic rings. The predicted molar refractivity (Wildman–Crippen MR) is 54.0 cm³/mol. The summed E-state index contributed by atoms with van der Waals surface area (Å²) in [6.45, 7) is 0. The van der Waals surface area contributed by atoms with Gasteiger partial charge in [-0.25, -0.2) is 4.98 Å². The van der Waals surface area contributed by atoms with E-state index in [4.69, 9.17) is 9.15 Å². The zero-order valence-electron chi connectivity index (χ0n) is 7.40. The first-order valence-corrected chi connectivity index (χ1v) is 4.71. The molecular weight excluding hydrogens is 248 g/mol. The third-order valence-electron chi connectivity index (χ3n) is 1.64. The van der Waals surface area contributed by atoms with E-state index in [1.807, 2.05) is 12.1 Å². The molecule has 0 saturated carbocycles. The normalized spacial score (nSPS) is 10.1. The molecule has 2 heterocycles. The van der Waals surface area contributed by atoms with E-state index in [1.54, 1.807) is 12.3 Å². The molecule has 0 atom stereocenters. The summed E-state index contributed by atoms with van der Waals surface area (Å²) in [4.78, 5) is 8.03. The van der Waals surface area contributed by atoms with Crippen molar-refractivity contribution in [2.75, 3.05) is 7.11 Å². The number of nitrogens with zero attached hydrogens (tertiary/aromatic N) is 2. The lowest BCUT2D eigenvalue weighted by Crippen LogP contribution is -1.91. The summed E-state index contributed by atoms with van der Waals surface area (Å²) in [7, 11) is 1.52. The third kappa shape index (κ3) is 1.77. The van der Waals surface area contributed by atoms with E-state index >= 15 is 0 Å². The van der Waals surface area contributed by atoms with E-state index in [2.05, 4.69) is 25.9 Å². The van der Waals surface area contributed by atoms with Gasteiger partial charge in [-0.15, -0.1) is 0 Å². The molecule has 2 rings (SSSR count). The minimum atomic E-state index is 0.329. The highest BCUT2D eigenvalue weighted by Gasteiger charge is 2.05. The first kappa shape index (κ1) is 9.21. The summed E-state index contributed by atoms with van der Waals surface area (Å²) in [5.74, 6) is 0.678. The minimum Gasteiger partial charge on any atom is -0.467 e. The maximum Gasteiger partial charge on any atom is 0.316 e. The number of hydrogen-bond donors (Lipinski definition) is 0. The molecule has 0 aliphatic carbocycles. The lowest BCUT2D eigenvalue weighted by molar-refractivity contribution is 0.379. The monoisotopic (exact) mass is 254 g/mol. The summed E-state index contributed by atoms with van der Waals surface area (Å²) in [6, 6.07) is 5.72. The highest BCUT2D eigenvalue weighted by atomic mass is 79.9. The van der Waals surface area contributed by atoms with Crippen molar-refractivity contribution in [1.82, 2.24) is 9.97 Å². The Morgan fingerprint density at radius 2 is 2.21 bits per heavy atom. The molecule has 0 saturated heterocycles. The van der Waals surface area contributed by atoms with E-state index < -0.39 is 0 Å². The average molecular weight is 255 g/mol. The molecule has 2 aromatic rings. The van der Waals surface area contributed by atoms with Gasteiger partial charge in [-0.2, -0.15) is 4.98 Å². The van der Waals surface area contributed by atoms with Gasteiger partial charge in [0.15, 0.2) is 10.4 Å². The van der Waals surface area contributed by atoms with Gasteiger partial charge in [0.25, 0.3) is 0 Å². The average Bonchev–Trinajstić information content (AvgIpc) is 2.65. The van der Waals surface area contributed by atoms with Crippen molar-refractivity contribution in [1.29, 1.82) is 0 Å². The van der Waals surface area contributed by atoms with Crippen LogP contribution in [0.2, 0.25) is 0 Å². The van der Waals surface area contributed by atoms with Crippen molar-refractivity contribution in [3.05, 3.63) is 29.1 Å². The number of halogens is 1. The van der Waals surface area contributed by atoms with E-state index in [0.29, 0.717) is 22.1 Å². The quantitative estimate of drug-likeness (QED) is 0.827. The van der Waals surface area contributed by atoms with Crippen molar-refractivity contribution in [3.8, 4) is 17.5 Å². The topological polar surface area (TPSA) is 48.2 Å². The van der Waals surface area contributed by atoms with Crippen molar-refractivity contribution >= 4 is 15.9 Å². The molecule has 5 heteroatoms. The smallest absolute Gasteiger partial charge is 0.316 e. The molecule has 2 aromatic heterocycles. The van der Waals surface area contributed by atoms with Gasteiger partial charge in [-0.1, -0.05) is 0 Å². The molecule has 4 nitrogen and oxygen atoms in total. The molecule has 72 valence electrons. The molecule has 0 N–H and O–H groups in total. The van der Waals surface area contributed by atoms with Crippen molar-refractivity contribution < 1.29 is 9.15 Å². The summed E-state index contributed by atoms with van der Waals surface area (Å²) in [5.41, 5.74) is 0.697. The number of aromatic nitrogens is 2. The van der Waals surface area contributed by atoms with Crippen LogP contribution in [-0.4, -0.2) is 17.1 Å². The summed E-state index contributed by atoms with van der Waals surface area (Å²) in [5, 5.41) is 0. The van der Waals surface area contributed by atoms with Gasteiger partial charge >= 0.3 is 6.01 Å². The highest BCUT2D eigenvalue weighted by Crippen LogP contribution is 2.23. The molecule has 0 fully saturated rings. The van der Waals surface area contributed by atoms with Gasteiger partial charge in [0, 0.05) is 6.20 Å². The fourth-order valence-corrected chi connectivity index (χ4v) is 1.33. The molecule has 0 radical (unpaired) electrons. The number of rotatable bonds is 2. The number of ether oxygens (including phenoxy) is 1. The fourth-order valence-electron chi connectivity index (χ4n) is 1.03. The zero-order valence-corrected chi connectivity index (χ0v) is 8.98. The van der Waals surface area contributed by atoms with E-state index in [0.717, 1.165) is 0 Å². The largest absolute Gasteiger partial charge is 0.467 e. The second-order valence-corrected chi connectivity index (χ2v) is 3.31. The molecule has 0 unspecified atom stereocenters. The Morgan fingerprint density at radius 1 is 1.36 bits per heavy atom. The molecule has 14 heavy (non-hydrogen) atoms. The Kier molecular flexibility index (Phi) is 2.49. The first-order chi connectivity index (χ1) is 6.79. The molecular formula is C9H7BrN2O2. The SMILES string of the molecule is COc1nccc(-c2ccc(Br)o2)n1. The Balaban J connectivity index is 2.41. The van der Waals surface area contributed by atoms with E-state index in [-0.39, 0.29) is 0 Å². The van der Waals surface area contributed by atoms with Crippen LogP contribution in [0, 0.1) is 0 Å². The fraction of sp³-hybridized carbons (Fsp3) is 0.111. The van der Waals surface area contributed by atoms with Crippen molar-refractivity contribution in [2.45, 2.75) is 0 Å². The van der Waals surface area contributed by atoms with Crippen molar-refractivity contribution in [2.24, 2.45) is 0 Å². The lowest BCUT2D eigenvalue weighted by Gasteiger charge is -1.98. The maximum absolute atomic E-state index is 5.34. The standard InChI is InChI=1S/C9H7BrN2O2/c1-13-9-11-5-4-6(12-9)7-2-3-8(10)14-7/h2-5H,1H3. The first-order valence-electron chi connectivity index (χ1n) is 3.92. The van der Waals surface area contributed by atoms with Crippen LogP contribution in [0.4, 0.5) is 0 Å². The highest BCUT2D eigenvalue weighted by molar-refractivity contribution is 9.10. The lowest BCUT2D eigenvalue weighted by atomic mass is 10.3. The van der Waals surface area contributed by atoms with Gasteiger partial charge in [-0.3, -0.25) is 0 Å². The molecule has 0 amide bonds. The van der Waals surface area contributed by atoms with Crippen LogP contribution in [-0.2, 0) is 0 Å². The second kappa shape index (κ2) is 3.79. The van der Waals surface area contributed by atoms with Crippen LogP contribution >= 0.6 is 15.9 Å². The Labute approximate surface area is 89.1 Å². The van der Waals surface area contributed by atoms with Crippen LogP contribution in [0.25, 0.3) is 11.5 Å². The summed E-state index contributed by atoms with van der Waals surface area (Å²) < 4.78 is 10.9. The molecule has 0 aromatic carbocycles. The van der Waals surface area contributed by atoms with Gasteiger partial charge in [0.2, 0.25) is 0 Å². The van der Waals surface area contributed by atoms with Gasteiger partial charge in [0.1, 0.15) is 5.69 Å². The second-order valence-electron chi connectivity index (χ2n) is 2.53. The van der Waals surface area contributed by atoms with E-state index in [1.165, 1.54) is 7.11 Å². The number of furan rings is 1. The third-order valence-corrected chi connectivity index (χ3v) is 2.07. The van der Waals surface area contributed by atoms with Crippen LogP contribution in [0.1, 0.15) is 0 Å². The molecule has 0 aliphatic heterocycles. The van der Waals surface area contributed by atoms with Crippen LogP contribution in [0.3, 0.4) is 0 Å². The van der Waals surface area contributed by atoms with Crippen LogP contribution < -0.4 is 4.74 Å². The van der Waals surface area contributed by atoms with Crippen molar-refractivity contribution in [3.63, 3.8) is 0 Å².